The molecule has 0 saturated carbocycles. The van der Waals surface area contributed by atoms with Crippen molar-refractivity contribution in [2.24, 2.45) is 0 Å². The molecule has 0 saturated heterocycles. The van der Waals surface area contributed by atoms with Crippen LogP contribution in [0.25, 0.3) is 0 Å². The molecule has 1 N–H and O–H groups in total. The Hall–Kier alpha value is -1.30. The first-order valence-corrected chi connectivity index (χ1v) is 5.85. The maximum Gasteiger partial charge on any atom is 0.406 e. The van der Waals surface area contributed by atoms with Crippen LogP contribution in [0.15, 0.2) is 22.7 Å². The number of hydrogen-bond acceptors (Lipinski definition) is 3. The van der Waals surface area contributed by atoms with E-state index < -0.39 is 6.09 Å². The zero-order valence-corrected chi connectivity index (χ0v) is 10.9. The Labute approximate surface area is 107 Å². The lowest BCUT2D eigenvalue weighted by Crippen LogP contribution is -2.20. The standard InChI is InChI=1S/C11H13BrFNO3/c1-14-11(15)17-6-2-5-16-8-3-4-9(12)10(13)7-8/h3-4,7H,2,5-6H2,1H3,(H,14,15). The lowest BCUT2D eigenvalue weighted by molar-refractivity contribution is 0.140. The van der Waals surface area contributed by atoms with Crippen molar-refractivity contribution in [1.29, 1.82) is 0 Å². The van der Waals surface area contributed by atoms with Gasteiger partial charge in [0, 0.05) is 19.5 Å². The average molecular weight is 306 g/mol. The summed E-state index contributed by atoms with van der Waals surface area (Å²) in [6.07, 6.45) is 0.0742. The predicted octanol–water partition coefficient (Wildman–Crippen LogP) is 2.71. The highest BCUT2D eigenvalue weighted by Crippen LogP contribution is 2.20. The number of ether oxygens (including phenoxy) is 2. The number of rotatable bonds is 5. The molecular weight excluding hydrogens is 293 g/mol. The van der Waals surface area contributed by atoms with Gasteiger partial charge < -0.3 is 14.8 Å². The van der Waals surface area contributed by atoms with E-state index >= 15 is 0 Å². The normalized spacial score (nSPS) is 9.82. The SMILES string of the molecule is CNC(=O)OCCCOc1ccc(Br)c(F)c1. The van der Waals surface area contributed by atoms with E-state index in [-0.39, 0.29) is 12.4 Å². The molecule has 1 rings (SSSR count). The molecule has 0 aliphatic rings. The summed E-state index contributed by atoms with van der Waals surface area (Å²) in [5.74, 6) is 0.0785. The molecule has 94 valence electrons. The number of nitrogens with one attached hydrogen (secondary N) is 1. The molecule has 0 aliphatic heterocycles. The first kappa shape index (κ1) is 13.8. The number of hydrogen-bond donors (Lipinski definition) is 1. The fourth-order valence-electron chi connectivity index (χ4n) is 1.05. The minimum Gasteiger partial charge on any atom is -0.493 e. The van der Waals surface area contributed by atoms with Gasteiger partial charge in [0.1, 0.15) is 11.6 Å². The van der Waals surface area contributed by atoms with Crippen molar-refractivity contribution in [3.05, 3.63) is 28.5 Å². The zero-order valence-electron chi connectivity index (χ0n) is 9.33. The number of halogens is 2. The Morgan fingerprint density at radius 1 is 1.47 bits per heavy atom. The number of amides is 1. The summed E-state index contributed by atoms with van der Waals surface area (Å²) >= 11 is 3.05. The molecule has 0 fully saturated rings. The predicted molar refractivity (Wildman–Crippen MR) is 64.6 cm³/mol. The third-order valence-corrected chi connectivity index (χ3v) is 2.53. The van der Waals surface area contributed by atoms with Crippen LogP contribution >= 0.6 is 15.9 Å². The topological polar surface area (TPSA) is 47.6 Å². The Balaban J connectivity index is 2.22. The van der Waals surface area contributed by atoms with Crippen molar-refractivity contribution in [2.45, 2.75) is 6.42 Å². The summed E-state index contributed by atoms with van der Waals surface area (Å²) in [5, 5.41) is 2.33. The largest absolute Gasteiger partial charge is 0.493 e. The molecule has 0 heterocycles. The highest BCUT2D eigenvalue weighted by Gasteiger charge is 2.02. The minimum absolute atomic E-state index is 0.263. The van der Waals surface area contributed by atoms with Crippen LogP contribution in [0.3, 0.4) is 0 Å². The molecule has 4 nitrogen and oxygen atoms in total. The lowest BCUT2D eigenvalue weighted by atomic mass is 10.3. The van der Waals surface area contributed by atoms with Gasteiger partial charge in [0.25, 0.3) is 0 Å². The smallest absolute Gasteiger partial charge is 0.406 e. The van der Waals surface area contributed by atoms with Crippen molar-refractivity contribution in [3.8, 4) is 5.75 Å². The number of benzene rings is 1. The highest BCUT2D eigenvalue weighted by atomic mass is 79.9. The van der Waals surface area contributed by atoms with Crippen LogP contribution in [0.1, 0.15) is 6.42 Å². The van der Waals surface area contributed by atoms with Crippen LogP contribution in [0.2, 0.25) is 0 Å². The van der Waals surface area contributed by atoms with Gasteiger partial charge in [0.2, 0.25) is 0 Å². The van der Waals surface area contributed by atoms with Gasteiger partial charge in [-0.15, -0.1) is 0 Å². The van der Waals surface area contributed by atoms with E-state index in [9.17, 15) is 9.18 Å². The van der Waals surface area contributed by atoms with Gasteiger partial charge in [-0.25, -0.2) is 9.18 Å². The van der Waals surface area contributed by atoms with Gasteiger partial charge in [-0.05, 0) is 28.1 Å². The van der Waals surface area contributed by atoms with Crippen molar-refractivity contribution in [1.82, 2.24) is 5.32 Å². The van der Waals surface area contributed by atoms with E-state index in [0.29, 0.717) is 23.2 Å². The van der Waals surface area contributed by atoms with Gasteiger partial charge in [-0.3, -0.25) is 0 Å². The summed E-state index contributed by atoms with van der Waals surface area (Å²) in [7, 11) is 1.49. The van der Waals surface area contributed by atoms with Crippen LogP contribution in [-0.2, 0) is 4.74 Å². The fourth-order valence-corrected chi connectivity index (χ4v) is 1.30. The summed E-state index contributed by atoms with van der Waals surface area (Å²) in [5.41, 5.74) is 0. The molecule has 1 aromatic carbocycles. The van der Waals surface area contributed by atoms with E-state index in [4.69, 9.17) is 9.47 Å². The van der Waals surface area contributed by atoms with Crippen molar-refractivity contribution in [2.75, 3.05) is 20.3 Å². The van der Waals surface area contributed by atoms with Crippen LogP contribution in [0, 0.1) is 5.82 Å². The van der Waals surface area contributed by atoms with Gasteiger partial charge in [-0.1, -0.05) is 0 Å². The van der Waals surface area contributed by atoms with Gasteiger partial charge >= 0.3 is 6.09 Å². The molecule has 1 amide bonds. The maximum atomic E-state index is 13.1. The first-order chi connectivity index (χ1) is 8.13. The van der Waals surface area contributed by atoms with Crippen molar-refractivity contribution in [3.63, 3.8) is 0 Å². The average Bonchev–Trinajstić information content (AvgIpc) is 2.33. The highest BCUT2D eigenvalue weighted by molar-refractivity contribution is 9.10. The molecule has 0 aliphatic carbocycles. The number of carbonyl (C=O) groups is 1. The third-order valence-electron chi connectivity index (χ3n) is 1.89. The molecule has 0 atom stereocenters. The Morgan fingerprint density at radius 2 is 2.24 bits per heavy atom. The van der Waals surface area contributed by atoms with Crippen LogP contribution in [-0.4, -0.2) is 26.4 Å². The second kappa shape index (κ2) is 7.11. The Morgan fingerprint density at radius 3 is 2.88 bits per heavy atom. The summed E-state index contributed by atoms with van der Waals surface area (Å²) in [4.78, 5) is 10.7. The van der Waals surface area contributed by atoms with Crippen molar-refractivity contribution < 1.29 is 18.7 Å². The van der Waals surface area contributed by atoms with Crippen LogP contribution in [0.5, 0.6) is 5.75 Å². The first-order valence-electron chi connectivity index (χ1n) is 5.06. The number of carbonyl (C=O) groups excluding carboxylic acids is 1. The van der Waals surface area contributed by atoms with Gasteiger partial charge in [0.05, 0.1) is 17.7 Å². The van der Waals surface area contributed by atoms with Gasteiger partial charge in [0.15, 0.2) is 0 Å². The summed E-state index contributed by atoms with van der Waals surface area (Å²) in [6, 6.07) is 4.53. The molecule has 0 spiro atoms. The Bertz CT molecular complexity index is 387. The van der Waals surface area contributed by atoms with E-state index in [2.05, 4.69) is 21.2 Å². The molecule has 0 radical (unpaired) electrons. The quantitative estimate of drug-likeness (QED) is 0.851. The zero-order chi connectivity index (χ0) is 12.7. The monoisotopic (exact) mass is 305 g/mol. The number of alkyl carbamates (subject to hydrolysis) is 1. The van der Waals surface area contributed by atoms with E-state index in [1.54, 1.807) is 12.1 Å². The molecule has 0 unspecified atom stereocenters. The maximum absolute atomic E-state index is 13.1. The third kappa shape index (κ3) is 5.04. The summed E-state index contributed by atoms with van der Waals surface area (Å²) in [6.45, 7) is 0.622. The molecule has 17 heavy (non-hydrogen) atoms. The molecule has 1 aromatic rings. The van der Waals surface area contributed by atoms with Crippen LogP contribution < -0.4 is 10.1 Å². The molecule has 6 heteroatoms. The molecule has 0 aromatic heterocycles. The summed E-state index contributed by atoms with van der Waals surface area (Å²) < 4.78 is 23.5. The Kier molecular flexibility index (Phi) is 5.76. The minimum atomic E-state index is -0.473. The fraction of sp³-hybridized carbons (Fsp3) is 0.364. The second-order valence-electron chi connectivity index (χ2n) is 3.16. The lowest BCUT2D eigenvalue weighted by Gasteiger charge is -2.07. The second-order valence-corrected chi connectivity index (χ2v) is 4.02. The van der Waals surface area contributed by atoms with E-state index in [1.807, 2.05) is 0 Å². The van der Waals surface area contributed by atoms with Crippen LogP contribution in [0.4, 0.5) is 9.18 Å². The van der Waals surface area contributed by atoms with E-state index in [1.165, 1.54) is 13.1 Å². The van der Waals surface area contributed by atoms with Crippen molar-refractivity contribution >= 4 is 22.0 Å². The van der Waals surface area contributed by atoms with E-state index in [0.717, 1.165) is 0 Å². The van der Waals surface area contributed by atoms with Gasteiger partial charge in [-0.2, -0.15) is 0 Å². The molecular formula is C11H13BrFNO3. The molecule has 0 bridgehead atoms.